The minimum absolute atomic E-state index is 0.0939. The summed E-state index contributed by atoms with van der Waals surface area (Å²) in [5, 5.41) is 6.53. The van der Waals surface area contributed by atoms with Crippen LogP contribution in [0.3, 0.4) is 0 Å². The minimum atomic E-state index is -0.965. The van der Waals surface area contributed by atoms with Crippen molar-refractivity contribution in [2.45, 2.75) is 6.92 Å². The van der Waals surface area contributed by atoms with E-state index >= 15 is 0 Å². The number of rotatable bonds is 6. The molecular weight excluding hydrogens is 571 g/mol. The molecule has 0 fully saturated rings. The number of anilines is 2. The van der Waals surface area contributed by atoms with E-state index in [0.717, 1.165) is 4.47 Å². The monoisotopic (exact) mass is 588 g/mol. The van der Waals surface area contributed by atoms with Crippen LogP contribution in [0.2, 0.25) is 10.0 Å². The molecule has 3 N–H and O–H groups in total. The third kappa shape index (κ3) is 5.81. The summed E-state index contributed by atoms with van der Waals surface area (Å²) in [4.78, 5) is 38.5. The Balaban J connectivity index is 1.58. The van der Waals surface area contributed by atoms with Gasteiger partial charge in [0, 0.05) is 21.2 Å². The van der Waals surface area contributed by atoms with Crippen LogP contribution >= 0.6 is 39.1 Å². The molecule has 0 unspecified atom stereocenters. The van der Waals surface area contributed by atoms with Gasteiger partial charge in [-0.2, -0.15) is 0 Å². The zero-order valence-corrected chi connectivity index (χ0v) is 21.9. The maximum Gasteiger partial charge on any atom is 0.328 e. The largest absolute Gasteiger partial charge is 0.494 e. The van der Waals surface area contributed by atoms with E-state index in [-0.39, 0.29) is 10.7 Å². The highest BCUT2D eigenvalue weighted by Gasteiger charge is 2.21. The molecule has 0 bridgehead atoms. The van der Waals surface area contributed by atoms with Crippen LogP contribution in [-0.2, 0) is 9.59 Å². The molecule has 0 spiro atoms. The van der Waals surface area contributed by atoms with Crippen LogP contribution in [-0.4, -0.2) is 29.0 Å². The average Bonchev–Trinajstić information content (AvgIpc) is 3.20. The predicted molar refractivity (Wildman–Crippen MR) is 145 cm³/mol. The molecule has 1 heterocycles. The highest BCUT2D eigenvalue weighted by Crippen LogP contribution is 2.27. The van der Waals surface area contributed by atoms with Crippen molar-refractivity contribution in [1.82, 2.24) is 4.68 Å². The highest BCUT2D eigenvalue weighted by molar-refractivity contribution is 9.10. The van der Waals surface area contributed by atoms with Crippen LogP contribution in [0.5, 0.6) is 5.75 Å². The highest BCUT2D eigenvalue weighted by atomic mass is 79.9. The Morgan fingerprint density at radius 1 is 0.861 bits per heavy atom. The number of hydrogen-bond donors (Lipinski definition) is 3. The standard InChI is InChI=1S/C25H19BrCl2N4O4/c1-2-36-18-7-4-16(5-8-18)29-24(34)25(35)31-32-21-10-3-15(26)11-14(21)12-22(32)23(33)30-17-6-9-19(27)20(28)13-17/h3-13H,2H2,1H3,(H,29,34)(H,30,33)(H,31,35). The van der Waals surface area contributed by atoms with Gasteiger partial charge in [0.15, 0.2) is 0 Å². The molecule has 0 aliphatic carbocycles. The fourth-order valence-corrected chi connectivity index (χ4v) is 4.06. The minimum Gasteiger partial charge on any atom is -0.494 e. The van der Waals surface area contributed by atoms with Crippen LogP contribution < -0.4 is 20.8 Å². The molecule has 0 radical (unpaired) electrons. The Labute approximate surface area is 224 Å². The zero-order valence-electron chi connectivity index (χ0n) is 18.8. The number of ether oxygens (including phenoxy) is 1. The Morgan fingerprint density at radius 3 is 2.28 bits per heavy atom. The van der Waals surface area contributed by atoms with E-state index in [9.17, 15) is 14.4 Å². The van der Waals surface area contributed by atoms with Gasteiger partial charge in [-0.1, -0.05) is 39.1 Å². The van der Waals surface area contributed by atoms with Crippen LogP contribution in [0.25, 0.3) is 10.9 Å². The fraction of sp³-hybridized carbons (Fsp3) is 0.0800. The van der Waals surface area contributed by atoms with Crippen molar-refractivity contribution in [2.75, 3.05) is 22.7 Å². The summed E-state index contributed by atoms with van der Waals surface area (Å²) < 4.78 is 7.41. The molecule has 4 rings (SSSR count). The van der Waals surface area contributed by atoms with Crippen molar-refractivity contribution in [2.24, 2.45) is 0 Å². The van der Waals surface area contributed by atoms with E-state index in [4.69, 9.17) is 27.9 Å². The van der Waals surface area contributed by atoms with Crippen molar-refractivity contribution in [1.29, 1.82) is 0 Å². The lowest BCUT2D eigenvalue weighted by Crippen LogP contribution is -2.36. The van der Waals surface area contributed by atoms with Gasteiger partial charge in [0.1, 0.15) is 11.4 Å². The lowest BCUT2D eigenvalue weighted by Gasteiger charge is -2.13. The normalized spacial score (nSPS) is 10.7. The second kappa shape index (κ2) is 11.0. The smallest absolute Gasteiger partial charge is 0.328 e. The van der Waals surface area contributed by atoms with Crippen molar-refractivity contribution in [3.05, 3.63) is 86.9 Å². The summed E-state index contributed by atoms with van der Waals surface area (Å²) in [7, 11) is 0. The van der Waals surface area contributed by atoms with Gasteiger partial charge in [0.2, 0.25) is 0 Å². The lowest BCUT2D eigenvalue weighted by molar-refractivity contribution is -0.133. The molecule has 0 saturated carbocycles. The summed E-state index contributed by atoms with van der Waals surface area (Å²) in [6.07, 6.45) is 0. The predicted octanol–water partition coefficient (Wildman–Crippen LogP) is 6.07. The van der Waals surface area contributed by atoms with Gasteiger partial charge in [-0.15, -0.1) is 0 Å². The van der Waals surface area contributed by atoms with E-state index < -0.39 is 17.7 Å². The Kier molecular flexibility index (Phi) is 7.83. The molecule has 3 aromatic carbocycles. The molecule has 0 saturated heterocycles. The maximum absolute atomic E-state index is 13.1. The molecule has 11 heteroatoms. The van der Waals surface area contributed by atoms with Crippen LogP contribution in [0.15, 0.2) is 71.2 Å². The van der Waals surface area contributed by atoms with Crippen molar-refractivity contribution in [3.8, 4) is 5.75 Å². The average molecular weight is 590 g/mol. The molecule has 0 atom stereocenters. The van der Waals surface area contributed by atoms with Crippen molar-refractivity contribution >= 4 is 79.1 Å². The number of carbonyl (C=O) groups is 3. The number of aromatic nitrogens is 1. The van der Waals surface area contributed by atoms with Gasteiger partial charge in [-0.3, -0.25) is 19.8 Å². The zero-order chi connectivity index (χ0) is 25.8. The number of nitrogens with one attached hydrogen (secondary N) is 3. The van der Waals surface area contributed by atoms with Crippen LogP contribution in [0.4, 0.5) is 11.4 Å². The van der Waals surface area contributed by atoms with E-state index in [0.29, 0.717) is 39.7 Å². The maximum atomic E-state index is 13.1. The first-order valence-electron chi connectivity index (χ1n) is 10.7. The van der Waals surface area contributed by atoms with Crippen LogP contribution in [0, 0.1) is 0 Å². The molecule has 36 heavy (non-hydrogen) atoms. The molecule has 0 aliphatic rings. The molecule has 8 nitrogen and oxygen atoms in total. The molecule has 0 aliphatic heterocycles. The molecule has 4 aromatic rings. The second-order valence-corrected chi connectivity index (χ2v) is 9.23. The third-order valence-corrected chi connectivity index (χ3v) is 6.25. The number of halogens is 3. The Hall–Kier alpha value is -3.53. The second-order valence-electron chi connectivity index (χ2n) is 7.50. The van der Waals surface area contributed by atoms with Gasteiger partial charge in [0.05, 0.1) is 22.2 Å². The van der Waals surface area contributed by atoms with E-state index in [2.05, 4.69) is 32.0 Å². The molecule has 184 valence electrons. The van der Waals surface area contributed by atoms with E-state index in [1.807, 2.05) is 6.92 Å². The topological polar surface area (TPSA) is 101 Å². The van der Waals surface area contributed by atoms with Gasteiger partial charge in [-0.25, -0.2) is 4.68 Å². The summed E-state index contributed by atoms with van der Waals surface area (Å²) in [5.41, 5.74) is 3.94. The Bertz CT molecular complexity index is 1470. The molecule has 3 amide bonds. The van der Waals surface area contributed by atoms with Gasteiger partial charge in [0.25, 0.3) is 5.91 Å². The lowest BCUT2D eigenvalue weighted by atomic mass is 10.2. The van der Waals surface area contributed by atoms with Gasteiger partial charge >= 0.3 is 11.8 Å². The van der Waals surface area contributed by atoms with Crippen molar-refractivity contribution in [3.63, 3.8) is 0 Å². The van der Waals surface area contributed by atoms with E-state index in [1.54, 1.807) is 60.7 Å². The van der Waals surface area contributed by atoms with Crippen molar-refractivity contribution < 1.29 is 19.1 Å². The first kappa shape index (κ1) is 25.6. The third-order valence-electron chi connectivity index (χ3n) is 5.02. The number of nitrogens with zero attached hydrogens (tertiary/aromatic N) is 1. The van der Waals surface area contributed by atoms with Gasteiger partial charge < -0.3 is 15.4 Å². The number of fused-ring (bicyclic) bond motifs is 1. The fourth-order valence-electron chi connectivity index (χ4n) is 3.38. The summed E-state index contributed by atoms with van der Waals surface area (Å²) >= 11 is 15.4. The first-order valence-corrected chi connectivity index (χ1v) is 12.2. The number of carbonyl (C=O) groups excluding carboxylic acids is 3. The number of amides is 3. The van der Waals surface area contributed by atoms with Gasteiger partial charge in [-0.05, 0) is 73.7 Å². The van der Waals surface area contributed by atoms with Crippen LogP contribution in [0.1, 0.15) is 17.4 Å². The van der Waals surface area contributed by atoms with E-state index in [1.165, 1.54) is 10.7 Å². The Morgan fingerprint density at radius 2 is 1.58 bits per heavy atom. The number of hydrogen-bond acceptors (Lipinski definition) is 4. The first-order chi connectivity index (χ1) is 17.2. The molecular formula is C25H19BrCl2N4O4. The quantitative estimate of drug-likeness (QED) is 0.238. The SMILES string of the molecule is CCOc1ccc(NC(=O)C(=O)Nn2c(C(=O)Nc3ccc(Cl)c(Cl)c3)cc3cc(Br)ccc32)cc1. The molecule has 1 aromatic heterocycles. The number of benzene rings is 3. The summed E-state index contributed by atoms with van der Waals surface area (Å²) in [6, 6.07) is 18.1. The summed E-state index contributed by atoms with van der Waals surface area (Å²) in [6.45, 7) is 2.37. The summed E-state index contributed by atoms with van der Waals surface area (Å²) in [5.74, 6) is -1.77.